The smallest absolute Gasteiger partial charge is 0.225 e. The lowest BCUT2D eigenvalue weighted by molar-refractivity contribution is -0.129. The summed E-state index contributed by atoms with van der Waals surface area (Å²) in [6.45, 7) is 3.06. The number of carbonyl (C=O) groups excluding carboxylic acids is 1. The predicted molar refractivity (Wildman–Crippen MR) is 87.8 cm³/mol. The molecular weight excluding hydrogens is 290 g/mol. The minimum atomic E-state index is 0.139. The van der Waals surface area contributed by atoms with Crippen LogP contribution in [0.3, 0.4) is 0 Å². The minimum absolute atomic E-state index is 0.139. The topological polar surface area (TPSA) is 54.5 Å². The van der Waals surface area contributed by atoms with E-state index in [0.29, 0.717) is 6.61 Å². The Morgan fingerprint density at radius 2 is 2.04 bits per heavy atom. The Labute approximate surface area is 136 Å². The number of likely N-dealkylation sites (tertiary alicyclic amines) is 1. The van der Waals surface area contributed by atoms with Crippen molar-refractivity contribution in [2.75, 3.05) is 20.1 Å². The summed E-state index contributed by atoms with van der Waals surface area (Å²) < 4.78 is 5.75. The van der Waals surface area contributed by atoms with Crippen molar-refractivity contribution >= 4 is 5.91 Å². The summed E-state index contributed by atoms with van der Waals surface area (Å²) >= 11 is 0. The van der Waals surface area contributed by atoms with E-state index in [0.717, 1.165) is 30.9 Å². The summed E-state index contributed by atoms with van der Waals surface area (Å²) in [6, 6.07) is 12.0. The van der Waals surface area contributed by atoms with Gasteiger partial charge >= 0.3 is 0 Å². The highest BCUT2D eigenvalue weighted by molar-refractivity contribution is 5.79. The molecule has 0 unspecified atom stereocenters. The van der Waals surface area contributed by atoms with Crippen molar-refractivity contribution in [3.8, 4) is 5.75 Å². The molecule has 2 heterocycles. The Bertz CT molecular complexity index is 637. The van der Waals surface area contributed by atoms with Gasteiger partial charge in [0.05, 0.1) is 5.92 Å². The molecule has 120 valence electrons. The van der Waals surface area contributed by atoms with E-state index in [1.54, 1.807) is 19.4 Å². The van der Waals surface area contributed by atoms with Gasteiger partial charge in [-0.05, 0) is 23.8 Å². The fourth-order valence-electron chi connectivity index (χ4n) is 2.67. The Morgan fingerprint density at radius 1 is 1.26 bits per heavy atom. The Balaban J connectivity index is 1.45. The van der Waals surface area contributed by atoms with Crippen molar-refractivity contribution < 1.29 is 9.53 Å². The van der Waals surface area contributed by atoms with E-state index in [-0.39, 0.29) is 11.8 Å². The van der Waals surface area contributed by atoms with E-state index in [1.807, 2.05) is 24.3 Å². The molecule has 1 amide bonds. The first-order valence-electron chi connectivity index (χ1n) is 7.79. The van der Waals surface area contributed by atoms with Crippen molar-refractivity contribution in [3.63, 3.8) is 0 Å². The molecule has 0 radical (unpaired) electrons. The molecule has 5 nitrogen and oxygen atoms in total. The largest absolute Gasteiger partial charge is 0.489 e. The standard InChI is InChI=1S/C18H21N3O2/c1-19-18(22)16-11-21(12-16)10-14-4-6-17(7-5-14)23-13-15-3-2-8-20-9-15/h2-9,16H,10-13H2,1H3,(H,19,22). The number of carbonyl (C=O) groups is 1. The molecule has 1 fully saturated rings. The summed E-state index contributed by atoms with van der Waals surface area (Å²) in [6.07, 6.45) is 3.56. The van der Waals surface area contributed by atoms with E-state index < -0.39 is 0 Å². The van der Waals surface area contributed by atoms with Crippen molar-refractivity contribution in [2.45, 2.75) is 13.2 Å². The van der Waals surface area contributed by atoms with Crippen LogP contribution in [0.1, 0.15) is 11.1 Å². The van der Waals surface area contributed by atoms with Crippen LogP contribution in [0.5, 0.6) is 5.75 Å². The molecule has 2 aromatic rings. The molecule has 1 aromatic carbocycles. The Hall–Kier alpha value is -2.40. The SMILES string of the molecule is CNC(=O)C1CN(Cc2ccc(OCc3cccnc3)cc2)C1. The maximum absolute atomic E-state index is 11.5. The number of aromatic nitrogens is 1. The van der Waals surface area contributed by atoms with Gasteiger partial charge < -0.3 is 10.1 Å². The van der Waals surface area contributed by atoms with Gasteiger partial charge in [0.15, 0.2) is 0 Å². The molecule has 3 rings (SSSR count). The zero-order chi connectivity index (χ0) is 16.1. The summed E-state index contributed by atoms with van der Waals surface area (Å²) in [5.41, 5.74) is 2.28. The van der Waals surface area contributed by atoms with Crippen LogP contribution >= 0.6 is 0 Å². The number of benzene rings is 1. The predicted octanol–water partition coefficient (Wildman–Crippen LogP) is 1.84. The fourth-order valence-corrected chi connectivity index (χ4v) is 2.67. The number of rotatable bonds is 6. The third-order valence-corrected chi connectivity index (χ3v) is 4.03. The molecule has 0 atom stereocenters. The van der Waals surface area contributed by atoms with E-state index in [2.05, 4.69) is 27.3 Å². The molecule has 0 spiro atoms. The van der Waals surface area contributed by atoms with Gasteiger partial charge in [0, 0.05) is 44.6 Å². The highest BCUT2D eigenvalue weighted by atomic mass is 16.5. The first kappa shape index (κ1) is 15.5. The lowest BCUT2D eigenvalue weighted by Gasteiger charge is -2.38. The number of pyridine rings is 1. The van der Waals surface area contributed by atoms with E-state index in [9.17, 15) is 4.79 Å². The van der Waals surface area contributed by atoms with Crippen LogP contribution in [0.25, 0.3) is 0 Å². The second-order valence-electron chi connectivity index (χ2n) is 5.80. The highest BCUT2D eigenvalue weighted by Crippen LogP contribution is 2.20. The second-order valence-corrected chi connectivity index (χ2v) is 5.80. The minimum Gasteiger partial charge on any atom is -0.489 e. The third-order valence-electron chi connectivity index (χ3n) is 4.03. The van der Waals surface area contributed by atoms with Crippen LogP contribution in [-0.2, 0) is 17.9 Å². The first-order chi connectivity index (χ1) is 11.2. The first-order valence-corrected chi connectivity index (χ1v) is 7.79. The Morgan fingerprint density at radius 3 is 2.70 bits per heavy atom. The van der Waals surface area contributed by atoms with Crippen molar-refractivity contribution in [1.82, 2.24) is 15.2 Å². The Kier molecular flexibility index (Phi) is 4.88. The van der Waals surface area contributed by atoms with Gasteiger partial charge in [-0.25, -0.2) is 0 Å². The van der Waals surface area contributed by atoms with E-state index >= 15 is 0 Å². The van der Waals surface area contributed by atoms with Crippen LogP contribution in [-0.4, -0.2) is 35.9 Å². The van der Waals surface area contributed by atoms with Crippen LogP contribution in [0.15, 0.2) is 48.8 Å². The molecule has 1 aliphatic heterocycles. The summed E-state index contributed by atoms with van der Waals surface area (Å²) in [5, 5.41) is 2.70. The van der Waals surface area contributed by atoms with Gasteiger partial charge in [-0.1, -0.05) is 18.2 Å². The normalized spacial score (nSPS) is 15.0. The highest BCUT2D eigenvalue weighted by Gasteiger charge is 2.31. The van der Waals surface area contributed by atoms with Gasteiger partial charge in [-0.2, -0.15) is 0 Å². The zero-order valence-corrected chi connectivity index (χ0v) is 13.2. The average molecular weight is 311 g/mol. The van der Waals surface area contributed by atoms with Crippen LogP contribution < -0.4 is 10.1 Å². The molecule has 1 aliphatic rings. The van der Waals surface area contributed by atoms with Gasteiger partial charge in [0.2, 0.25) is 5.91 Å². The molecule has 0 aliphatic carbocycles. The molecule has 0 saturated carbocycles. The average Bonchev–Trinajstić information content (AvgIpc) is 2.57. The zero-order valence-electron chi connectivity index (χ0n) is 13.2. The van der Waals surface area contributed by atoms with Gasteiger partial charge in [0.25, 0.3) is 0 Å². The van der Waals surface area contributed by atoms with Crippen molar-refractivity contribution in [2.24, 2.45) is 5.92 Å². The van der Waals surface area contributed by atoms with E-state index in [4.69, 9.17) is 4.74 Å². The lowest BCUT2D eigenvalue weighted by atomic mass is 9.98. The van der Waals surface area contributed by atoms with Gasteiger partial charge in [0.1, 0.15) is 12.4 Å². The monoisotopic (exact) mass is 311 g/mol. The number of nitrogens with zero attached hydrogens (tertiary/aromatic N) is 2. The summed E-state index contributed by atoms with van der Waals surface area (Å²) in [4.78, 5) is 17.8. The number of amides is 1. The molecule has 1 saturated heterocycles. The quantitative estimate of drug-likeness (QED) is 0.884. The maximum atomic E-state index is 11.5. The van der Waals surface area contributed by atoms with E-state index in [1.165, 1.54) is 5.56 Å². The number of hydrogen-bond acceptors (Lipinski definition) is 4. The van der Waals surface area contributed by atoms with Crippen LogP contribution in [0, 0.1) is 5.92 Å². The molecular formula is C18H21N3O2. The maximum Gasteiger partial charge on any atom is 0.225 e. The second kappa shape index (κ2) is 7.24. The molecule has 1 N–H and O–H groups in total. The molecule has 5 heteroatoms. The van der Waals surface area contributed by atoms with Crippen LogP contribution in [0.4, 0.5) is 0 Å². The number of nitrogens with one attached hydrogen (secondary N) is 1. The van der Waals surface area contributed by atoms with Gasteiger partial charge in [-0.3, -0.25) is 14.7 Å². The number of ether oxygens (including phenoxy) is 1. The van der Waals surface area contributed by atoms with Crippen molar-refractivity contribution in [1.29, 1.82) is 0 Å². The molecule has 1 aromatic heterocycles. The number of hydrogen-bond donors (Lipinski definition) is 1. The lowest BCUT2D eigenvalue weighted by Crippen LogP contribution is -2.52. The summed E-state index contributed by atoms with van der Waals surface area (Å²) in [5.74, 6) is 1.13. The summed E-state index contributed by atoms with van der Waals surface area (Å²) in [7, 11) is 1.69. The molecule has 0 bridgehead atoms. The van der Waals surface area contributed by atoms with Gasteiger partial charge in [-0.15, -0.1) is 0 Å². The molecule has 23 heavy (non-hydrogen) atoms. The fraction of sp³-hybridized carbons (Fsp3) is 0.333. The third kappa shape index (κ3) is 4.07. The van der Waals surface area contributed by atoms with Crippen LogP contribution in [0.2, 0.25) is 0 Å². The van der Waals surface area contributed by atoms with Crippen molar-refractivity contribution in [3.05, 3.63) is 59.9 Å².